The summed E-state index contributed by atoms with van der Waals surface area (Å²) in [6.45, 7) is 2.86. The molecule has 1 N–H and O–H groups in total. The number of hydrogen-bond acceptors (Lipinski definition) is 3. The van der Waals surface area contributed by atoms with Gasteiger partial charge in [0.25, 0.3) is 0 Å². The fourth-order valence-corrected chi connectivity index (χ4v) is 3.55. The Bertz CT molecular complexity index is 793. The zero-order valence-corrected chi connectivity index (χ0v) is 14.9. The molecule has 0 radical (unpaired) electrons. The molecule has 0 aliphatic rings. The van der Waals surface area contributed by atoms with Crippen molar-refractivity contribution in [1.82, 2.24) is 9.88 Å². The molecule has 3 nitrogen and oxygen atoms in total. The maximum atomic E-state index is 5.51. The number of thiazole rings is 1. The van der Waals surface area contributed by atoms with Crippen molar-refractivity contribution >= 4 is 44.6 Å². The van der Waals surface area contributed by atoms with E-state index in [1.807, 2.05) is 36.2 Å². The van der Waals surface area contributed by atoms with Crippen molar-refractivity contribution in [2.45, 2.75) is 19.9 Å². The molecule has 3 aromatic rings. The van der Waals surface area contributed by atoms with Gasteiger partial charge in [-0.2, -0.15) is 0 Å². The Morgan fingerprint density at radius 1 is 1.22 bits per heavy atom. The number of hydrogen-bond donors (Lipinski definition) is 1. The summed E-state index contributed by atoms with van der Waals surface area (Å²) in [4.78, 5) is 6.68. The van der Waals surface area contributed by atoms with E-state index in [2.05, 4.69) is 41.5 Å². The summed E-state index contributed by atoms with van der Waals surface area (Å²) >= 11 is 7.23. The van der Waals surface area contributed by atoms with Gasteiger partial charge in [0.2, 0.25) is 0 Å². The van der Waals surface area contributed by atoms with E-state index in [0.717, 1.165) is 22.6 Å². The first-order valence-corrected chi connectivity index (χ1v) is 8.83. The Morgan fingerprint density at radius 2 is 2.04 bits per heavy atom. The van der Waals surface area contributed by atoms with Crippen molar-refractivity contribution < 1.29 is 0 Å². The van der Waals surface area contributed by atoms with Crippen molar-refractivity contribution in [1.29, 1.82) is 0 Å². The number of thiocarbonyl (C=S) groups is 1. The molecule has 0 fully saturated rings. The third kappa shape index (κ3) is 3.86. The topological polar surface area (TPSA) is 28.2 Å². The summed E-state index contributed by atoms with van der Waals surface area (Å²) in [5.74, 6) is 0. The number of benzene rings is 2. The van der Waals surface area contributed by atoms with E-state index in [-0.39, 0.29) is 0 Å². The normalized spacial score (nSPS) is 10.7. The van der Waals surface area contributed by atoms with Crippen LogP contribution < -0.4 is 5.32 Å². The minimum Gasteiger partial charge on any atom is -0.345 e. The quantitative estimate of drug-likeness (QED) is 0.697. The number of anilines is 1. The standard InChI is InChI=1S/C18H19N3S2/c1-3-13-7-6-8-14(11-13)19-18(22)21(2)12-17-20-15-9-4-5-10-16(15)23-17/h4-11H,3,12H2,1-2H3,(H,19,22). The summed E-state index contributed by atoms with van der Waals surface area (Å²) in [6.07, 6.45) is 1.02. The first kappa shape index (κ1) is 15.9. The molecule has 0 aliphatic carbocycles. The van der Waals surface area contributed by atoms with Crippen molar-refractivity contribution in [2.75, 3.05) is 12.4 Å². The number of fused-ring (bicyclic) bond motifs is 1. The number of nitrogens with zero attached hydrogens (tertiary/aromatic N) is 2. The second-order valence-electron chi connectivity index (χ2n) is 5.42. The van der Waals surface area contributed by atoms with Crippen LogP contribution in [0, 0.1) is 0 Å². The third-order valence-electron chi connectivity index (χ3n) is 3.64. The first-order chi connectivity index (χ1) is 11.2. The Hall–Kier alpha value is -1.98. The summed E-state index contributed by atoms with van der Waals surface area (Å²) in [5.41, 5.74) is 3.38. The van der Waals surface area contributed by atoms with Crippen molar-refractivity contribution in [2.24, 2.45) is 0 Å². The lowest BCUT2D eigenvalue weighted by Crippen LogP contribution is -2.30. The fourth-order valence-electron chi connectivity index (χ4n) is 2.35. The van der Waals surface area contributed by atoms with E-state index in [1.54, 1.807) is 11.3 Å². The molecule has 118 valence electrons. The SMILES string of the molecule is CCc1cccc(NC(=S)N(C)Cc2nc3ccccc3s2)c1. The molecule has 0 atom stereocenters. The average Bonchev–Trinajstić information content (AvgIpc) is 2.97. The number of rotatable bonds is 4. The zero-order chi connectivity index (χ0) is 16.2. The predicted molar refractivity (Wildman–Crippen MR) is 103 cm³/mol. The van der Waals surface area contributed by atoms with Gasteiger partial charge in [0.1, 0.15) is 5.01 Å². The number of para-hydroxylation sites is 1. The van der Waals surface area contributed by atoms with Gasteiger partial charge in [0.05, 0.1) is 16.8 Å². The maximum Gasteiger partial charge on any atom is 0.173 e. The molecule has 0 bridgehead atoms. The molecule has 0 amide bonds. The minimum atomic E-state index is 0.706. The van der Waals surface area contributed by atoms with Crippen LogP contribution in [0.3, 0.4) is 0 Å². The molecule has 0 spiro atoms. The molecule has 1 aromatic heterocycles. The highest BCUT2D eigenvalue weighted by atomic mass is 32.1. The van der Waals surface area contributed by atoms with Crippen LogP contribution in [0.4, 0.5) is 5.69 Å². The second-order valence-corrected chi connectivity index (χ2v) is 6.92. The van der Waals surface area contributed by atoms with Gasteiger partial charge in [0, 0.05) is 12.7 Å². The predicted octanol–water partition coefficient (Wildman–Crippen LogP) is 4.69. The minimum absolute atomic E-state index is 0.706. The summed E-state index contributed by atoms with van der Waals surface area (Å²) < 4.78 is 1.21. The van der Waals surface area contributed by atoms with E-state index in [1.165, 1.54) is 10.3 Å². The molecule has 1 heterocycles. The molecule has 2 aromatic carbocycles. The smallest absolute Gasteiger partial charge is 0.173 e. The van der Waals surface area contributed by atoms with Crippen LogP contribution in [0.15, 0.2) is 48.5 Å². The van der Waals surface area contributed by atoms with E-state index in [0.29, 0.717) is 11.7 Å². The van der Waals surface area contributed by atoms with Crippen LogP contribution in [0.2, 0.25) is 0 Å². The summed E-state index contributed by atoms with van der Waals surface area (Å²) in [5, 5.41) is 5.08. The van der Waals surface area contributed by atoms with E-state index < -0.39 is 0 Å². The molecule has 23 heavy (non-hydrogen) atoms. The van der Waals surface area contributed by atoms with Crippen LogP contribution in [-0.4, -0.2) is 22.0 Å². The van der Waals surface area contributed by atoms with Gasteiger partial charge >= 0.3 is 0 Å². The van der Waals surface area contributed by atoms with Crippen LogP contribution >= 0.6 is 23.6 Å². The van der Waals surface area contributed by atoms with E-state index in [4.69, 9.17) is 12.2 Å². The van der Waals surface area contributed by atoms with Crippen LogP contribution in [0.25, 0.3) is 10.2 Å². The lowest BCUT2D eigenvalue weighted by molar-refractivity contribution is 0.507. The molecule has 5 heteroatoms. The van der Waals surface area contributed by atoms with Gasteiger partial charge in [-0.25, -0.2) is 4.98 Å². The molecular weight excluding hydrogens is 322 g/mol. The molecule has 0 saturated heterocycles. The lowest BCUT2D eigenvalue weighted by atomic mass is 10.1. The van der Waals surface area contributed by atoms with Crippen molar-refractivity contribution in [3.63, 3.8) is 0 Å². The Balaban J connectivity index is 1.67. The molecule has 0 saturated carbocycles. The highest BCUT2D eigenvalue weighted by molar-refractivity contribution is 7.80. The van der Waals surface area contributed by atoms with Crippen molar-refractivity contribution in [3.8, 4) is 0 Å². The number of aryl methyl sites for hydroxylation is 1. The van der Waals surface area contributed by atoms with Gasteiger partial charge in [-0.1, -0.05) is 31.2 Å². The Kier molecular flexibility index (Phi) is 4.88. The molecule has 3 rings (SSSR count). The van der Waals surface area contributed by atoms with Gasteiger partial charge in [-0.05, 0) is 48.5 Å². The van der Waals surface area contributed by atoms with Crippen LogP contribution in [0.1, 0.15) is 17.5 Å². The average molecular weight is 342 g/mol. The van der Waals surface area contributed by atoms with Gasteiger partial charge in [0.15, 0.2) is 5.11 Å². The molecular formula is C18H19N3S2. The third-order valence-corrected chi connectivity index (χ3v) is 5.08. The Morgan fingerprint density at radius 3 is 2.83 bits per heavy atom. The van der Waals surface area contributed by atoms with Crippen LogP contribution in [0.5, 0.6) is 0 Å². The van der Waals surface area contributed by atoms with Crippen molar-refractivity contribution in [3.05, 3.63) is 59.1 Å². The highest BCUT2D eigenvalue weighted by Gasteiger charge is 2.09. The number of nitrogens with one attached hydrogen (secondary N) is 1. The van der Waals surface area contributed by atoms with Gasteiger partial charge < -0.3 is 10.2 Å². The van der Waals surface area contributed by atoms with E-state index in [9.17, 15) is 0 Å². The summed E-state index contributed by atoms with van der Waals surface area (Å²) in [6, 6.07) is 16.6. The fraction of sp³-hybridized carbons (Fsp3) is 0.222. The zero-order valence-electron chi connectivity index (χ0n) is 13.2. The lowest BCUT2D eigenvalue weighted by Gasteiger charge is -2.20. The highest BCUT2D eigenvalue weighted by Crippen LogP contribution is 2.22. The maximum absolute atomic E-state index is 5.51. The Labute approximate surface area is 146 Å². The first-order valence-electron chi connectivity index (χ1n) is 7.61. The summed E-state index contributed by atoms with van der Waals surface area (Å²) in [7, 11) is 1.99. The van der Waals surface area contributed by atoms with Gasteiger partial charge in [-0.15, -0.1) is 11.3 Å². The molecule has 0 aliphatic heterocycles. The monoisotopic (exact) mass is 341 g/mol. The molecule has 0 unspecified atom stereocenters. The number of aromatic nitrogens is 1. The van der Waals surface area contributed by atoms with Crippen LogP contribution in [-0.2, 0) is 13.0 Å². The largest absolute Gasteiger partial charge is 0.345 e. The van der Waals surface area contributed by atoms with E-state index >= 15 is 0 Å². The van der Waals surface area contributed by atoms with Gasteiger partial charge in [-0.3, -0.25) is 0 Å². The second kappa shape index (κ2) is 7.06.